The maximum absolute atomic E-state index is 6.83. The first-order valence-corrected chi connectivity index (χ1v) is 23.2. The van der Waals surface area contributed by atoms with E-state index in [-0.39, 0.29) is 0 Å². The molecule has 1 aliphatic carbocycles. The van der Waals surface area contributed by atoms with Crippen LogP contribution in [0, 0.1) is 0 Å². The molecule has 12 aromatic rings. The Bertz CT molecular complexity index is 3960. The average molecular weight is 856 g/mol. The quantitative estimate of drug-likeness (QED) is 0.173. The van der Waals surface area contributed by atoms with Crippen LogP contribution in [-0.2, 0) is 6.42 Å². The predicted octanol–water partition coefficient (Wildman–Crippen LogP) is 16.4. The molecule has 2 aromatic heterocycles. The molecule has 0 fully saturated rings. The van der Waals surface area contributed by atoms with Crippen molar-refractivity contribution in [3.63, 3.8) is 0 Å². The van der Waals surface area contributed by atoms with E-state index in [9.17, 15) is 0 Å². The van der Waals surface area contributed by atoms with Gasteiger partial charge < -0.3 is 4.74 Å². The standard InChI is InChI=1S/C63H41N3O/c1-3-15-39(16-4-1)42-19-13-20-45(35-42)62-51-24-9-11-27-55(51)64-63(65-62)66-56-34-32-44(37-54(56)60-52-26-14-25-50-49-23-10-12-28-58(49)67-59(61(50)52)38-57(60)66)43-30-29-41-31-33-46(40-17-5-2-6-18-40)47-21-7-8-22-48(47)53(41)36-43/h1-30,32,34-38,46H,31,33H2. The van der Waals surface area contributed by atoms with Crippen molar-refractivity contribution < 1.29 is 4.74 Å². The van der Waals surface area contributed by atoms with Crippen molar-refractivity contribution in [1.29, 1.82) is 0 Å². The highest BCUT2D eigenvalue weighted by Crippen LogP contribution is 2.51. The van der Waals surface area contributed by atoms with E-state index in [1.54, 1.807) is 0 Å². The Morgan fingerprint density at radius 1 is 0.418 bits per heavy atom. The van der Waals surface area contributed by atoms with Crippen LogP contribution in [0.5, 0.6) is 11.5 Å². The summed E-state index contributed by atoms with van der Waals surface area (Å²) in [5.41, 5.74) is 18.6. The van der Waals surface area contributed by atoms with Gasteiger partial charge in [0.15, 0.2) is 0 Å². The lowest BCUT2D eigenvalue weighted by atomic mass is 9.86. The van der Waals surface area contributed by atoms with Gasteiger partial charge in [-0.1, -0.05) is 176 Å². The molecule has 3 heterocycles. The summed E-state index contributed by atoms with van der Waals surface area (Å²) in [5, 5.41) is 5.55. The van der Waals surface area contributed by atoms with Gasteiger partial charge in [0.1, 0.15) is 11.5 Å². The van der Waals surface area contributed by atoms with Gasteiger partial charge in [0.25, 0.3) is 0 Å². The lowest BCUT2D eigenvalue weighted by Gasteiger charge is -2.22. The smallest absolute Gasteiger partial charge is 0.235 e. The third kappa shape index (κ3) is 6.00. The highest BCUT2D eigenvalue weighted by molar-refractivity contribution is 6.25. The van der Waals surface area contributed by atoms with Gasteiger partial charge in [-0.05, 0) is 110 Å². The summed E-state index contributed by atoms with van der Waals surface area (Å²) in [5.74, 6) is 2.64. The van der Waals surface area contributed by atoms with Crippen LogP contribution in [0.15, 0.2) is 218 Å². The predicted molar refractivity (Wildman–Crippen MR) is 275 cm³/mol. The summed E-state index contributed by atoms with van der Waals surface area (Å²) in [6, 6.07) is 79.0. The summed E-state index contributed by atoms with van der Waals surface area (Å²) < 4.78 is 9.09. The van der Waals surface area contributed by atoms with E-state index in [4.69, 9.17) is 14.7 Å². The molecule has 314 valence electrons. The van der Waals surface area contributed by atoms with Gasteiger partial charge >= 0.3 is 0 Å². The normalized spacial score (nSPS) is 13.8. The summed E-state index contributed by atoms with van der Waals surface area (Å²) in [7, 11) is 0. The fourth-order valence-electron chi connectivity index (χ4n) is 11.2. The SMILES string of the molecule is c1ccc(-c2cccc(-c3nc(-n4c5ccc(-c6ccc7c(c6)-c6ccccc6C(c6ccccc6)CC7)cc5c5c6cccc7c6c(cc54)Oc4ccccc4-7)nc4ccccc34)c2)cc1. The number of hydrogen-bond donors (Lipinski definition) is 0. The molecule has 14 rings (SSSR count). The minimum Gasteiger partial charge on any atom is -0.456 e. The van der Waals surface area contributed by atoms with E-state index < -0.39 is 0 Å². The fraction of sp³-hybridized carbons (Fsp3) is 0.0476. The Balaban J connectivity index is 1.01. The van der Waals surface area contributed by atoms with Crippen molar-refractivity contribution in [3.05, 3.63) is 235 Å². The largest absolute Gasteiger partial charge is 0.456 e. The van der Waals surface area contributed by atoms with Crippen molar-refractivity contribution in [2.24, 2.45) is 0 Å². The van der Waals surface area contributed by atoms with Gasteiger partial charge in [-0.25, -0.2) is 9.97 Å². The first kappa shape index (κ1) is 37.7. The summed E-state index contributed by atoms with van der Waals surface area (Å²) in [6.07, 6.45) is 2.09. The van der Waals surface area contributed by atoms with Crippen molar-refractivity contribution >= 4 is 43.5 Å². The first-order valence-electron chi connectivity index (χ1n) is 23.2. The van der Waals surface area contributed by atoms with Crippen LogP contribution in [0.1, 0.15) is 29.0 Å². The second-order valence-corrected chi connectivity index (χ2v) is 18.0. The number of nitrogens with zero attached hydrogens (tertiary/aromatic N) is 3. The molecule has 0 N–H and O–H groups in total. The number of aromatic nitrogens is 3. The van der Waals surface area contributed by atoms with Gasteiger partial charge in [0, 0.05) is 44.7 Å². The minimum atomic E-state index is 0.340. The third-order valence-electron chi connectivity index (χ3n) is 14.3. The third-order valence-corrected chi connectivity index (χ3v) is 14.3. The van der Waals surface area contributed by atoms with E-state index in [0.717, 1.165) is 101 Å². The van der Waals surface area contributed by atoms with Gasteiger partial charge in [-0.3, -0.25) is 4.57 Å². The molecule has 0 spiro atoms. The van der Waals surface area contributed by atoms with Crippen LogP contribution in [0.4, 0.5) is 0 Å². The molecule has 0 radical (unpaired) electrons. The van der Waals surface area contributed by atoms with Gasteiger partial charge in [0.05, 0.1) is 22.2 Å². The molecule has 4 heteroatoms. The average Bonchev–Trinajstić information content (AvgIpc) is 3.63. The highest BCUT2D eigenvalue weighted by Gasteiger charge is 2.27. The molecule has 10 aromatic carbocycles. The molecule has 67 heavy (non-hydrogen) atoms. The second kappa shape index (κ2) is 15.0. The van der Waals surface area contributed by atoms with Gasteiger partial charge in [0.2, 0.25) is 5.95 Å². The van der Waals surface area contributed by atoms with Gasteiger partial charge in [-0.2, -0.15) is 0 Å². The van der Waals surface area contributed by atoms with Crippen LogP contribution in [0.3, 0.4) is 0 Å². The van der Waals surface area contributed by atoms with Crippen molar-refractivity contribution in [3.8, 4) is 73.2 Å². The maximum Gasteiger partial charge on any atom is 0.235 e. The fourth-order valence-corrected chi connectivity index (χ4v) is 11.2. The Kier molecular flexibility index (Phi) is 8.44. The Morgan fingerprint density at radius 2 is 1.10 bits per heavy atom. The number of ether oxygens (including phenoxy) is 1. The first-order chi connectivity index (χ1) is 33.2. The number of rotatable bonds is 5. The zero-order valence-electron chi connectivity index (χ0n) is 36.5. The lowest BCUT2D eigenvalue weighted by molar-refractivity contribution is 0.487. The molecule has 1 unspecified atom stereocenters. The number of aryl methyl sites for hydroxylation is 1. The van der Waals surface area contributed by atoms with Crippen molar-refractivity contribution in [1.82, 2.24) is 14.5 Å². The molecule has 1 aliphatic heterocycles. The lowest BCUT2D eigenvalue weighted by Crippen LogP contribution is -2.04. The van der Waals surface area contributed by atoms with Crippen LogP contribution in [-0.4, -0.2) is 14.5 Å². The van der Waals surface area contributed by atoms with Crippen LogP contribution < -0.4 is 4.74 Å². The molecule has 2 aliphatic rings. The summed E-state index contributed by atoms with van der Waals surface area (Å²) in [6.45, 7) is 0. The van der Waals surface area contributed by atoms with E-state index in [0.29, 0.717) is 11.9 Å². The van der Waals surface area contributed by atoms with Crippen molar-refractivity contribution in [2.45, 2.75) is 18.8 Å². The van der Waals surface area contributed by atoms with Crippen LogP contribution in [0.25, 0.3) is 105 Å². The Labute approximate surface area is 388 Å². The Morgan fingerprint density at radius 3 is 2.01 bits per heavy atom. The molecular weight excluding hydrogens is 815 g/mol. The molecule has 0 saturated carbocycles. The molecule has 0 amide bonds. The topological polar surface area (TPSA) is 39.9 Å². The summed E-state index contributed by atoms with van der Waals surface area (Å²) >= 11 is 0. The van der Waals surface area contributed by atoms with Crippen LogP contribution >= 0.6 is 0 Å². The number of hydrogen-bond acceptors (Lipinski definition) is 3. The second-order valence-electron chi connectivity index (χ2n) is 18.0. The van der Waals surface area contributed by atoms with E-state index >= 15 is 0 Å². The highest BCUT2D eigenvalue weighted by atomic mass is 16.5. The molecule has 1 atom stereocenters. The van der Waals surface area contributed by atoms with Crippen LogP contribution in [0.2, 0.25) is 0 Å². The minimum absolute atomic E-state index is 0.340. The number of para-hydroxylation sites is 2. The zero-order chi connectivity index (χ0) is 44.0. The number of fused-ring (bicyclic) bond motifs is 10. The van der Waals surface area contributed by atoms with E-state index in [1.807, 2.05) is 6.07 Å². The molecular formula is C63H41N3O. The molecule has 0 saturated heterocycles. The van der Waals surface area contributed by atoms with E-state index in [2.05, 4.69) is 217 Å². The molecule has 4 nitrogen and oxygen atoms in total. The monoisotopic (exact) mass is 855 g/mol. The number of benzene rings is 10. The Hall–Kier alpha value is -8.60. The van der Waals surface area contributed by atoms with E-state index in [1.165, 1.54) is 38.9 Å². The zero-order valence-corrected chi connectivity index (χ0v) is 36.5. The van der Waals surface area contributed by atoms with Crippen molar-refractivity contribution in [2.75, 3.05) is 0 Å². The molecule has 0 bridgehead atoms. The summed E-state index contributed by atoms with van der Waals surface area (Å²) in [4.78, 5) is 10.9. The maximum atomic E-state index is 6.83. The van der Waals surface area contributed by atoms with Gasteiger partial charge in [-0.15, -0.1) is 0 Å².